The van der Waals surface area contributed by atoms with Crippen LogP contribution in [0.5, 0.6) is 5.75 Å². The van der Waals surface area contributed by atoms with Crippen LogP contribution in [0.25, 0.3) is 10.8 Å². The number of ether oxygens (including phenoxy) is 1. The second kappa shape index (κ2) is 7.51. The Bertz CT molecular complexity index is 820. The highest BCUT2D eigenvalue weighted by Gasteiger charge is 2.47. The first kappa shape index (κ1) is 18.3. The van der Waals surface area contributed by atoms with Crippen molar-refractivity contribution in [1.82, 2.24) is 10.2 Å². The normalized spacial score (nSPS) is 20.7. The van der Waals surface area contributed by atoms with Gasteiger partial charge in [-0.05, 0) is 80.2 Å². The second-order valence-corrected chi connectivity index (χ2v) is 8.10. The molecule has 2 aromatic rings. The molecule has 27 heavy (non-hydrogen) atoms. The van der Waals surface area contributed by atoms with Crippen molar-refractivity contribution in [3.8, 4) is 5.75 Å². The van der Waals surface area contributed by atoms with Crippen molar-refractivity contribution in [1.29, 1.82) is 0 Å². The van der Waals surface area contributed by atoms with Gasteiger partial charge in [-0.3, -0.25) is 9.69 Å². The molecule has 0 spiro atoms. The number of rotatable bonds is 5. The molecule has 1 saturated carbocycles. The molecule has 1 aliphatic carbocycles. The minimum absolute atomic E-state index is 0.00378. The molecule has 0 aromatic heterocycles. The van der Waals surface area contributed by atoms with Crippen LogP contribution in [0.4, 0.5) is 0 Å². The molecule has 1 amide bonds. The van der Waals surface area contributed by atoms with E-state index in [2.05, 4.69) is 41.4 Å². The van der Waals surface area contributed by atoms with Gasteiger partial charge in [-0.2, -0.15) is 0 Å². The number of nitrogens with one attached hydrogen (secondary N) is 1. The Morgan fingerprint density at radius 2 is 1.70 bits per heavy atom. The lowest BCUT2D eigenvalue weighted by Gasteiger charge is -2.38. The van der Waals surface area contributed by atoms with Crippen molar-refractivity contribution in [3.05, 3.63) is 42.0 Å². The zero-order valence-corrected chi connectivity index (χ0v) is 16.5. The number of methoxy groups -OCH3 is 1. The monoisotopic (exact) mass is 366 g/mol. The number of fused-ring (bicyclic) bond motifs is 1. The lowest BCUT2D eigenvalue weighted by molar-refractivity contribution is -0.133. The van der Waals surface area contributed by atoms with Gasteiger partial charge >= 0.3 is 0 Å². The van der Waals surface area contributed by atoms with Gasteiger partial charge in [-0.1, -0.05) is 31.0 Å². The number of hydrogen-bond donors (Lipinski definition) is 1. The molecular weight excluding hydrogens is 336 g/mol. The Hall–Kier alpha value is -2.07. The fraction of sp³-hybridized carbons (Fsp3) is 0.522. The standard InChI is InChI=1S/C23H30N2O2/c1-17(18-7-8-20-16-21(27-2)10-9-19(20)15-18)24-22(26)23(11-3-4-12-23)25-13-5-6-14-25/h7-10,15-17H,3-6,11-14H2,1-2H3,(H,24,26)/t17-/m1/s1. The lowest BCUT2D eigenvalue weighted by Crippen LogP contribution is -2.56. The lowest BCUT2D eigenvalue weighted by atomic mass is 9.93. The van der Waals surface area contributed by atoms with Crippen LogP contribution in [0.15, 0.2) is 36.4 Å². The van der Waals surface area contributed by atoms with Gasteiger partial charge in [0.25, 0.3) is 0 Å². The molecule has 144 valence electrons. The summed E-state index contributed by atoms with van der Waals surface area (Å²) < 4.78 is 5.31. The van der Waals surface area contributed by atoms with Crippen LogP contribution >= 0.6 is 0 Å². The predicted molar refractivity (Wildman–Crippen MR) is 109 cm³/mol. The highest BCUT2D eigenvalue weighted by molar-refractivity contribution is 5.88. The number of carbonyl (C=O) groups is 1. The van der Waals surface area contributed by atoms with Crippen molar-refractivity contribution < 1.29 is 9.53 Å². The van der Waals surface area contributed by atoms with Gasteiger partial charge in [0.2, 0.25) is 5.91 Å². The van der Waals surface area contributed by atoms with E-state index in [9.17, 15) is 4.79 Å². The van der Waals surface area contributed by atoms with E-state index in [1.165, 1.54) is 18.2 Å². The molecule has 4 rings (SSSR count). The topological polar surface area (TPSA) is 41.6 Å². The average Bonchev–Trinajstić information content (AvgIpc) is 3.39. The van der Waals surface area contributed by atoms with Crippen molar-refractivity contribution in [3.63, 3.8) is 0 Å². The number of amides is 1. The van der Waals surface area contributed by atoms with Crippen LogP contribution in [0.2, 0.25) is 0 Å². The van der Waals surface area contributed by atoms with Gasteiger partial charge in [-0.15, -0.1) is 0 Å². The summed E-state index contributed by atoms with van der Waals surface area (Å²) in [5, 5.41) is 5.66. The first-order valence-corrected chi connectivity index (χ1v) is 10.3. The Kier molecular flexibility index (Phi) is 5.09. The van der Waals surface area contributed by atoms with Gasteiger partial charge in [0.1, 0.15) is 11.3 Å². The smallest absolute Gasteiger partial charge is 0.240 e. The molecule has 1 atom stereocenters. The fourth-order valence-electron chi connectivity index (χ4n) is 4.84. The first-order valence-electron chi connectivity index (χ1n) is 10.3. The number of hydrogen-bond acceptors (Lipinski definition) is 3. The van der Waals surface area contributed by atoms with Crippen LogP contribution in [0.3, 0.4) is 0 Å². The fourth-order valence-corrected chi connectivity index (χ4v) is 4.84. The number of benzene rings is 2. The highest BCUT2D eigenvalue weighted by atomic mass is 16.5. The molecule has 0 unspecified atom stereocenters. The largest absolute Gasteiger partial charge is 0.497 e. The van der Waals surface area contributed by atoms with Crippen molar-refractivity contribution >= 4 is 16.7 Å². The van der Waals surface area contributed by atoms with E-state index in [1.807, 2.05) is 12.1 Å². The highest BCUT2D eigenvalue weighted by Crippen LogP contribution is 2.38. The van der Waals surface area contributed by atoms with E-state index >= 15 is 0 Å². The first-order chi connectivity index (χ1) is 13.1. The molecule has 2 aliphatic rings. The Morgan fingerprint density at radius 1 is 1.04 bits per heavy atom. The number of carbonyl (C=O) groups excluding carboxylic acids is 1. The van der Waals surface area contributed by atoms with Crippen LogP contribution in [0, 0.1) is 0 Å². The minimum atomic E-state index is -0.269. The van der Waals surface area contributed by atoms with Crippen LogP contribution in [-0.2, 0) is 4.79 Å². The van der Waals surface area contributed by atoms with E-state index in [0.29, 0.717) is 0 Å². The third-order valence-corrected chi connectivity index (χ3v) is 6.48. The molecule has 1 saturated heterocycles. The molecule has 1 aliphatic heterocycles. The number of nitrogens with zero attached hydrogens (tertiary/aromatic N) is 1. The summed E-state index contributed by atoms with van der Waals surface area (Å²) in [4.78, 5) is 15.8. The van der Waals surface area contributed by atoms with Crippen molar-refractivity contribution in [2.24, 2.45) is 0 Å². The minimum Gasteiger partial charge on any atom is -0.497 e. The summed E-state index contributed by atoms with van der Waals surface area (Å²) in [6.07, 6.45) is 6.77. The number of likely N-dealkylation sites (tertiary alicyclic amines) is 1. The van der Waals surface area contributed by atoms with Gasteiger partial charge in [0.05, 0.1) is 13.2 Å². The van der Waals surface area contributed by atoms with Crippen molar-refractivity contribution in [2.75, 3.05) is 20.2 Å². The maximum atomic E-state index is 13.3. The molecule has 0 radical (unpaired) electrons. The Morgan fingerprint density at radius 3 is 2.41 bits per heavy atom. The summed E-state index contributed by atoms with van der Waals surface area (Å²) in [5.74, 6) is 1.09. The third kappa shape index (κ3) is 3.43. The SMILES string of the molecule is COc1ccc2cc([C@@H](C)NC(=O)C3(N4CCCC4)CCCC3)ccc2c1. The van der Waals surface area contributed by atoms with Gasteiger partial charge in [0.15, 0.2) is 0 Å². The van der Waals surface area contributed by atoms with Crippen LogP contribution in [-0.4, -0.2) is 36.5 Å². The molecule has 1 heterocycles. The maximum Gasteiger partial charge on any atom is 0.240 e. The zero-order valence-electron chi connectivity index (χ0n) is 16.5. The summed E-state index contributed by atoms with van der Waals surface area (Å²) in [7, 11) is 1.69. The summed E-state index contributed by atoms with van der Waals surface area (Å²) in [6, 6.07) is 12.5. The summed E-state index contributed by atoms with van der Waals surface area (Å²) >= 11 is 0. The molecule has 4 nitrogen and oxygen atoms in total. The van der Waals surface area contributed by atoms with Crippen LogP contribution in [0.1, 0.15) is 57.1 Å². The molecule has 1 N–H and O–H groups in total. The molecular formula is C23H30N2O2. The Labute approximate surface area is 161 Å². The van der Waals surface area contributed by atoms with E-state index in [-0.39, 0.29) is 17.5 Å². The van der Waals surface area contributed by atoms with E-state index in [0.717, 1.165) is 55.5 Å². The van der Waals surface area contributed by atoms with Crippen molar-refractivity contribution in [2.45, 2.75) is 57.0 Å². The molecule has 2 aromatic carbocycles. The van der Waals surface area contributed by atoms with Gasteiger partial charge in [-0.25, -0.2) is 0 Å². The summed E-state index contributed by atoms with van der Waals surface area (Å²) in [6.45, 7) is 4.23. The van der Waals surface area contributed by atoms with E-state index in [4.69, 9.17) is 4.74 Å². The van der Waals surface area contributed by atoms with E-state index in [1.54, 1.807) is 7.11 Å². The molecule has 2 fully saturated rings. The summed E-state index contributed by atoms with van der Waals surface area (Å²) in [5.41, 5.74) is 0.880. The van der Waals surface area contributed by atoms with Gasteiger partial charge in [0, 0.05) is 0 Å². The average molecular weight is 367 g/mol. The predicted octanol–water partition coefficient (Wildman–Crippen LogP) is 4.43. The quantitative estimate of drug-likeness (QED) is 0.851. The van der Waals surface area contributed by atoms with Crippen LogP contribution < -0.4 is 10.1 Å². The third-order valence-electron chi connectivity index (χ3n) is 6.48. The Balaban J connectivity index is 1.53. The second-order valence-electron chi connectivity index (χ2n) is 8.10. The molecule has 0 bridgehead atoms. The van der Waals surface area contributed by atoms with Gasteiger partial charge < -0.3 is 10.1 Å². The zero-order chi connectivity index (χ0) is 18.9. The molecule has 4 heteroatoms. The maximum absolute atomic E-state index is 13.3. The van der Waals surface area contributed by atoms with E-state index < -0.39 is 0 Å².